The van der Waals surface area contributed by atoms with Gasteiger partial charge < -0.3 is 5.32 Å². The van der Waals surface area contributed by atoms with Crippen LogP contribution in [0.15, 0.2) is 13.6 Å². The molecule has 0 bridgehead atoms. The minimum Gasteiger partial charge on any atom is -0.312 e. The van der Waals surface area contributed by atoms with E-state index in [-0.39, 0.29) is 5.54 Å². The van der Waals surface area contributed by atoms with E-state index in [0.29, 0.717) is 5.41 Å². The number of hydrogen-bond donors (Lipinski definition) is 1. The predicted molar refractivity (Wildman–Crippen MR) is 89.6 cm³/mol. The maximum absolute atomic E-state index is 3.63. The zero-order valence-corrected chi connectivity index (χ0v) is 15.9. The van der Waals surface area contributed by atoms with Gasteiger partial charge in [0.2, 0.25) is 0 Å². The van der Waals surface area contributed by atoms with Crippen molar-refractivity contribution in [2.45, 2.75) is 53.0 Å². The molecule has 104 valence electrons. The fraction of sp³-hybridized carbons (Fsp3) is 0.714. The Morgan fingerprint density at radius 2 is 1.78 bits per heavy atom. The molecule has 0 unspecified atom stereocenters. The van der Waals surface area contributed by atoms with Crippen molar-refractivity contribution in [3.63, 3.8) is 0 Å². The van der Waals surface area contributed by atoms with Crippen molar-refractivity contribution in [3.8, 4) is 0 Å². The molecule has 0 saturated carbocycles. The second-order valence-corrected chi connectivity index (χ2v) is 10.4. The molecule has 1 aromatic rings. The maximum atomic E-state index is 3.63. The van der Waals surface area contributed by atoms with E-state index < -0.39 is 0 Å². The molecule has 1 nitrogen and oxygen atoms in total. The summed E-state index contributed by atoms with van der Waals surface area (Å²) in [4.78, 5) is 0. The number of halogens is 2. The van der Waals surface area contributed by atoms with Crippen molar-refractivity contribution >= 4 is 43.2 Å². The van der Waals surface area contributed by atoms with E-state index in [1.165, 1.54) is 19.6 Å². The van der Waals surface area contributed by atoms with E-state index in [9.17, 15) is 0 Å². The molecule has 4 heteroatoms. The molecule has 0 amide bonds. The third-order valence-corrected chi connectivity index (χ3v) is 5.36. The molecule has 0 saturated heterocycles. The van der Waals surface area contributed by atoms with Crippen LogP contribution in [0.25, 0.3) is 0 Å². The summed E-state index contributed by atoms with van der Waals surface area (Å²) in [6.07, 6.45) is 2.32. The minimum atomic E-state index is 0.198. The summed E-state index contributed by atoms with van der Waals surface area (Å²) in [5.41, 5.74) is 1.93. The highest BCUT2D eigenvalue weighted by molar-refractivity contribution is 9.12. The number of rotatable bonds is 5. The molecule has 0 fully saturated rings. The molecule has 0 aliphatic heterocycles. The van der Waals surface area contributed by atoms with Crippen LogP contribution in [0, 0.1) is 5.41 Å². The SMILES string of the molecule is CC(C)(CCc1cc(Br)sc1Br)CNC(C)(C)C. The Labute approximate surface area is 132 Å². The molecule has 0 radical (unpaired) electrons. The zero-order chi connectivity index (χ0) is 14.0. The van der Waals surface area contributed by atoms with Crippen LogP contribution in [0.5, 0.6) is 0 Å². The quantitative estimate of drug-likeness (QED) is 0.680. The van der Waals surface area contributed by atoms with Gasteiger partial charge in [-0.25, -0.2) is 0 Å². The van der Waals surface area contributed by atoms with Crippen LogP contribution in [-0.4, -0.2) is 12.1 Å². The standard InChI is InChI=1S/C14H23Br2NS/c1-13(2,3)17-9-14(4,5)7-6-10-8-11(15)18-12(10)16/h8,17H,6-7,9H2,1-5H3. The number of thiophene rings is 1. The Morgan fingerprint density at radius 1 is 1.17 bits per heavy atom. The van der Waals surface area contributed by atoms with E-state index in [4.69, 9.17) is 0 Å². The van der Waals surface area contributed by atoms with Gasteiger partial charge in [0.05, 0.1) is 7.57 Å². The minimum absolute atomic E-state index is 0.198. The Morgan fingerprint density at radius 3 is 2.22 bits per heavy atom. The van der Waals surface area contributed by atoms with E-state index in [1.807, 2.05) is 0 Å². The average molecular weight is 397 g/mol. The normalized spacial score (nSPS) is 13.1. The maximum Gasteiger partial charge on any atom is 0.0742 e. The van der Waals surface area contributed by atoms with Gasteiger partial charge in [0.15, 0.2) is 0 Å². The third-order valence-electron chi connectivity index (χ3n) is 2.90. The molecule has 0 atom stereocenters. The second-order valence-electron chi connectivity index (χ2n) is 6.62. The highest BCUT2D eigenvalue weighted by atomic mass is 79.9. The van der Waals surface area contributed by atoms with Gasteiger partial charge in [0.1, 0.15) is 0 Å². The first-order valence-corrected chi connectivity index (χ1v) is 8.68. The summed E-state index contributed by atoms with van der Waals surface area (Å²) in [6, 6.07) is 2.22. The second kappa shape index (κ2) is 6.38. The van der Waals surface area contributed by atoms with Gasteiger partial charge in [-0.2, -0.15) is 0 Å². The topological polar surface area (TPSA) is 12.0 Å². The number of aryl methyl sites for hydroxylation is 1. The van der Waals surface area contributed by atoms with Crippen LogP contribution in [0.4, 0.5) is 0 Å². The van der Waals surface area contributed by atoms with Gasteiger partial charge in [-0.3, -0.25) is 0 Å². The zero-order valence-electron chi connectivity index (χ0n) is 11.9. The van der Waals surface area contributed by atoms with E-state index in [0.717, 1.165) is 13.0 Å². The summed E-state index contributed by atoms with van der Waals surface area (Å²) >= 11 is 8.92. The van der Waals surface area contributed by atoms with Gasteiger partial charge in [-0.15, -0.1) is 11.3 Å². The van der Waals surface area contributed by atoms with Crippen LogP contribution >= 0.6 is 43.2 Å². The molecule has 0 aliphatic carbocycles. The fourth-order valence-electron chi connectivity index (χ4n) is 1.61. The first-order valence-electron chi connectivity index (χ1n) is 6.28. The predicted octanol–water partition coefficient (Wildman–Crippen LogP) is 5.62. The lowest BCUT2D eigenvalue weighted by Gasteiger charge is -2.30. The van der Waals surface area contributed by atoms with Gasteiger partial charge in [0, 0.05) is 12.1 Å². The average Bonchev–Trinajstić information content (AvgIpc) is 2.51. The molecule has 1 aromatic heterocycles. The summed E-state index contributed by atoms with van der Waals surface area (Å²) < 4.78 is 2.46. The first kappa shape index (κ1) is 16.7. The van der Waals surface area contributed by atoms with Gasteiger partial charge in [-0.1, -0.05) is 13.8 Å². The monoisotopic (exact) mass is 395 g/mol. The van der Waals surface area contributed by atoms with Crippen LogP contribution < -0.4 is 5.32 Å². The smallest absolute Gasteiger partial charge is 0.0742 e. The van der Waals surface area contributed by atoms with Crippen LogP contribution in [0.2, 0.25) is 0 Å². The molecule has 1 N–H and O–H groups in total. The lowest BCUT2D eigenvalue weighted by Crippen LogP contribution is -2.42. The van der Waals surface area contributed by atoms with Crippen molar-refractivity contribution < 1.29 is 0 Å². The number of nitrogens with one attached hydrogen (secondary N) is 1. The van der Waals surface area contributed by atoms with Crippen molar-refractivity contribution in [3.05, 3.63) is 19.2 Å². The van der Waals surface area contributed by atoms with Crippen molar-refractivity contribution in [1.29, 1.82) is 0 Å². The highest BCUT2D eigenvalue weighted by Crippen LogP contribution is 2.34. The lowest BCUT2D eigenvalue weighted by molar-refractivity contribution is 0.273. The van der Waals surface area contributed by atoms with E-state index in [2.05, 4.69) is 77.9 Å². The molecule has 0 spiro atoms. The summed E-state index contributed by atoms with van der Waals surface area (Å²) in [7, 11) is 0. The summed E-state index contributed by atoms with van der Waals surface area (Å²) in [6.45, 7) is 12.4. The first-order chi connectivity index (χ1) is 8.09. The van der Waals surface area contributed by atoms with Crippen molar-refractivity contribution in [2.24, 2.45) is 5.41 Å². The largest absolute Gasteiger partial charge is 0.312 e. The van der Waals surface area contributed by atoms with Crippen molar-refractivity contribution in [1.82, 2.24) is 5.32 Å². The number of hydrogen-bond acceptors (Lipinski definition) is 2. The van der Waals surface area contributed by atoms with Gasteiger partial charge in [0.25, 0.3) is 0 Å². The lowest BCUT2D eigenvalue weighted by atomic mass is 9.86. The molecule has 1 heterocycles. The Hall–Kier alpha value is 0.620. The van der Waals surface area contributed by atoms with Crippen LogP contribution in [-0.2, 0) is 6.42 Å². The molecular weight excluding hydrogens is 374 g/mol. The molecule has 0 aliphatic rings. The van der Waals surface area contributed by atoms with Gasteiger partial charge >= 0.3 is 0 Å². The Kier molecular flexibility index (Phi) is 5.91. The van der Waals surface area contributed by atoms with E-state index >= 15 is 0 Å². The Bertz CT molecular complexity index is 391. The fourth-order valence-corrected chi connectivity index (χ4v) is 4.52. The molecule has 18 heavy (non-hydrogen) atoms. The highest BCUT2D eigenvalue weighted by Gasteiger charge is 2.21. The summed E-state index contributed by atoms with van der Waals surface area (Å²) in [5.74, 6) is 0. The third kappa shape index (κ3) is 6.18. The molecule has 1 rings (SSSR count). The van der Waals surface area contributed by atoms with Gasteiger partial charge in [-0.05, 0) is 82.5 Å². The molecular formula is C14H23Br2NS. The summed E-state index contributed by atoms with van der Waals surface area (Å²) in [5, 5.41) is 3.60. The van der Waals surface area contributed by atoms with Crippen LogP contribution in [0.3, 0.4) is 0 Å². The Balaban J connectivity index is 2.48. The van der Waals surface area contributed by atoms with Crippen LogP contribution in [0.1, 0.15) is 46.6 Å². The van der Waals surface area contributed by atoms with E-state index in [1.54, 1.807) is 11.3 Å². The van der Waals surface area contributed by atoms with Crippen molar-refractivity contribution in [2.75, 3.05) is 6.54 Å². The molecule has 0 aromatic carbocycles.